The fraction of sp³-hybridized carbons (Fsp3) is 0.125. The molecule has 10 heteroatoms. The number of benzene rings is 2. The molecular weight excluding hydrogens is 535 g/mol. The second kappa shape index (κ2) is 9.36. The van der Waals surface area contributed by atoms with Gasteiger partial charge >= 0.3 is 0 Å². The quantitative estimate of drug-likeness (QED) is 0.222. The molecular formula is C16H12Cl3FIN3OS. The van der Waals surface area contributed by atoms with Gasteiger partial charge in [-0.05, 0) is 77.3 Å². The van der Waals surface area contributed by atoms with E-state index >= 15 is 0 Å². The summed E-state index contributed by atoms with van der Waals surface area (Å²) >= 11 is 25.1. The van der Waals surface area contributed by atoms with Gasteiger partial charge in [0.2, 0.25) is 3.79 Å². The fourth-order valence-corrected chi connectivity index (χ4v) is 2.98. The molecule has 2 rings (SSSR count). The molecule has 26 heavy (non-hydrogen) atoms. The third-order valence-electron chi connectivity index (χ3n) is 3.07. The van der Waals surface area contributed by atoms with Crippen LogP contribution >= 0.6 is 69.6 Å². The van der Waals surface area contributed by atoms with E-state index in [0.29, 0.717) is 11.3 Å². The molecule has 0 fully saturated rings. The van der Waals surface area contributed by atoms with Crippen LogP contribution in [0.4, 0.5) is 10.1 Å². The molecule has 2 aromatic rings. The van der Waals surface area contributed by atoms with Crippen LogP contribution in [0.25, 0.3) is 0 Å². The van der Waals surface area contributed by atoms with Crippen LogP contribution in [0.1, 0.15) is 10.4 Å². The zero-order valence-electron chi connectivity index (χ0n) is 12.9. The maximum Gasteiger partial charge on any atom is 0.253 e. The molecule has 3 N–H and O–H groups in total. The van der Waals surface area contributed by atoms with E-state index in [1.54, 1.807) is 18.2 Å². The topological polar surface area (TPSA) is 53.2 Å². The highest BCUT2D eigenvalue weighted by Gasteiger charge is 2.34. The van der Waals surface area contributed by atoms with Crippen molar-refractivity contribution in [1.29, 1.82) is 0 Å². The van der Waals surface area contributed by atoms with E-state index in [4.69, 9.17) is 47.0 Å². The second-order valence-electron chi connectivity index (χ2n) is 5.06. The third-order valence-corrected chi connectivity index (χ3v) is 4.61. The Kier molecular flexibility index (Phi) is 7.72. The summed E-state index contributed by atoms with van der Waals surface area (Å²) < 4.78 is 12.0. The Balaban J connectivity index is 2.06. The molecule has 0 radical (unpaired) electrons. The van der Waals surface area contributed by atoms with Crippen LogP contribution in [0.15, 0.2) is 48.5 Å². The van der Waals surface area contributed by atoms with Crippen molar-refractivity contribution in [3.63, 3.8) is 0 Å². The molecule has 0 saturated heterocycles. The van der Waals surface area contributed by atoms with E-state index in [-0.39, 0.29) is 10.9 Å². The van der Waals surface area contributed by atoms with Gasteiger partial charge in [0.25, 0.3) is 5.91 Å². The Labute approximate surface area is 183 Å². The summed E-state index contributed by atoms with van der Waals surface area (Å²) in [6.07, 6.45) is -1.10. The second-order valence-corrected chi connectivity index (χ2v) is 9.09. The SMILES string of the molecule is O=C(NC(NC(=S)Nc1ccc(F)cc1)C(Cl)(Cl)Cl)c1cccc(I)c1. The van der Waals surface area contributed by atoms with Gasteiger partial charge in [-0.1, -0.05) is 40.9 Å². The normalized spacial score (nSPS) is 12.2. The van der Waals surface area contributed by atoms with Crippen molar-refractivity contribution < 1.29 is 9.18 Å². The van der Waals surface area contributed by atoms with E-state index in [1.165, 1.54) is 24.3 Å². The van der Waals surface area contributed by atoms with E-state index in [9.17, 15) is 9.18 Å². The van der Waals surface area contributed by atoms with Crippen LogP contribution in [0.3, 0.4) is 0 Å². The minimum atomic E-state index is -1.87. The summed E-state index contributed by atoms with van der Waals surface area (Å²) in [6.45, 7) is 0. The number of carbonyl (C=O) groups excluding carboxylic acids is 1. The predicted octanol–water partition coefficient (Wildman–Crippen LogP) is 4.84. The number of thiocarbonyl (C=S) groups is 1. The van der Waals surface area contributed by atoms with E-state index in [1.807, 2.05) is 6.07 Å². The van der Waals surface area contributed by atoms with Crippen molar-refractivity contribution in [2.75, 3.05) is 5.32 Å². The largest absolute Gasteiger partial charge is 0.339 e. The Morgan fingerprint density at radius 2 is 1.77 bits per heavy atom. The first-order valence-electron chi connectivity index (χ1n) is 7.11. The lowest BCUT2D eigenvalue weighted by molar-refractivity contribution is 0.0934. The number of nitrogens with one attached hydrogen (secondary N) is 3. The first-order chi connectivity index (χ1) is 12.1. The zero-order valence-corrected chi connectivity index (χ0v) is 18.1. The number of alkyl halides is 3. The maximum atomic E-state index is 12.9. The number of anilines is 1. The monoisotopic (exact) mass is 545 g/mol. The molecule has 138 valence electrons. The van der Waals surface area contributed by atoms with Crippen LogP contribution < -0.4 is 16.0 Å². The molecule has 0 saturated carbocycles. The Hall–Kier alpha value is -0.870. The molecule has 0 spiro atoms. The standard InChI is InChI=1S/C16H12Cl3FIN3OS/c17-16(18,19)14(23-13(25)9-2-1-3-11(21)8-9)24-15(26)22-12-6-4-10(20)5-7-12/h1-8,14H,(H,23,25)(H2,22,24,26). The first kappa shape index (κ1) is 21.4. The lowest BCUT2D eigenvalue weighted by atomic mass is 10.2. The number of halogens is 5. The predicted molar refractivity (Wildman–Crippen MR) is 116 cm³/mol. The number of hydrogen-bond donors (Lipinski definition) is 3. The van der Waals surface area contributed by atoms with Crippen LogP contribution in [-0.4, -0.2) is 21.0 Å². The summed E-state index contributed by atoms with van der Waals surface area (Å²) in [4.78, 5) is 12.4. The lowest BCUT2D eigenvalue weighted by Crippen LogP contribution is -2.56. The maximum absolute atomic E-state index is 12.9. The minimum Gasteiger partial charge on any atom is -0.339 e. The van der Waals surface area contributed by atoms with Gasteiger partial charge in [0, 0.05) is 14.8 Å². The molecule has 1 amide bonds. The smallest absolute Gasteiger partial charge is 0.253 e. The summed E-state index contributed by atoms with van der Waals surface area (Å²) in [7, 11) is 0. The zero-order chi connectivity index (χ0) is 19.3. The van der Waals surface area contributed by atoms with Crippen molar-refractivity contribution in [3.8, 4) is 0 Å². The van der Waals surface area contributed by atoms with Crippen molar-refractivity contribution in [2.45, 2.75) is 9.96 Å². The van der Waals surface area contributed by atoms with Crippen molar-refractivity contribution in [3.05, 3.63) is 63.5 Å². The third kappa shape index (κ3) is 6.70. The molecule has 4 nitrogen and oxygen atoms in total. The molecule has 2 aromatic carbocycles. The van der Waals surface area contributed by atoms with Gasteiger partial charge in [-0.25, -0.2) is 4.39 Å². The molecule has 0 heterocycles. The summed E-state index contributed by atoms with van der Waals surface area (Å²) in [5.41, 5.74) is 0.950. The van der Waals surface area contributed by atoms with Crippen molar-refractivity contribution >= 4 is 86.3 Å². The van der Waals surface area contributed by atoms with Crippen LogP contribution in [0.2, 0.25) is 0 Å². The van der Waals surface area contributed by atoms with Crippen molar-refractivity contribution in [2.24, 2.45) is 0 Å². The highest BCUT2D eigenvalue weighted by Crippen LogP contribution is 2.29. The van der Waals surface area contributed by atoms with E-state index < -0.39 is 15.9 Å². The van der Waals surface area contributed by atoms with Crippen LogP contribution in [0.5, 0.6) is 0 Å². The van der Waals surface area contributed by atoms with Gasteiger partial charge in [-0.2, -0.15) is 0 Å². The van der Waals surface area contributed by atoms with Gasteiger partial charge < -0.3 is 16.0 Å². The molecule has 0 aliphatic carbocycles. The highest BCUT2D eigenvalue weighted by atomic mass is 127. The van der Waals surface area contributed by atoms with Gasteiger partial charge in [0.05, 0.1) is 0 Å². The molecule has 0 aliphatic heterocycles. The van der Waals surface area contributed by atoms with E-state index in [2.05, 4.69) is 38.5 Å². The Morgan fingerprint density at radius 1 is 1.12 bits per heavy atom. The van der Waals surface area contributed by atoms with Crippen molar-refractivity contribution in [1.82, 2.24) is 10.6 Å². The number of hydrogen-bond acceptors (Lipinski definition) is 2. The molecule has 0 aliphatic rings. The average Bonchev–Trinajstić information content (AvgIpc) is 2.55. The van der Waals surface area contributed by atoms with Crippen LogP contribution in [-0.2, 0) is 0 Å². The highest BCUT2D eigenvalue weighted by molar-refractivity contribution is 14.1. The molecule has 1 atom stereocenters. The van der Waals surface area contributed by atoms with Crippen LogP contribution in [0, 0.1) is 9.39 Å². The van der Waals surface area contributed by atoms with Gasteiger partial charge in [-0.3, -0.25) is 4.79 Å². The van der Waals surface area contributed by atoms with Gasteiger partial charge in [0.15, 0.2) is 5.11 Å². The Morgan fingerprint density at radius 3 is 2.35 bits per heavy atom. The summed E-state index contributed by atoms with van der Waals surface area (Å²) in [6, 6.07) is 12.5. The number of carbonyl (C=O) groups is 1. The van der Waals surface area contributed by atoms with Gasteiger partial charge in [-0.15, -0.1) is 0 Å². The molecule has 1 unspecified atom stereocenters. The Bertz CT molecular complexity index is 802. The number of rotatable bonds is 4. The minimum absolute atomic E-state index is 0.0934. The lowest BCUT2D eigenvalue weighted by Gasteiger charge is -2.27. The number of amides is 1. The van der Waals surface area contributed by atoms with Gasteiger partial charge in [0.1, 0.15) is 12.0 Å². The fourth-order valence-electron chi connectivity index (χ4n) is 1.88. The van der Waals surface area contributed by atoms with E-state index in [0.717, 1.165) is 3.57 Å². The first-order valence-corrected chi connectivity index (χ1v) is 9.73. The summed E-state index contributed by atoms with van der Waals surface area (Å²) in [5.74, 6) is -0.810. The molecule has 0 bridgehead atoms. The molecule has 0 aromatic heterocycles. The average molecular weight is 547 g/mol. The summed E-state index contributed by atoms with van der Waals surface area (Å²) in [5, 5.41) is 8.23.